The van der Waals surface area contributed by atoms with Crippen molar-refractivity contribution in [2.24, 2.45) is 21.7 Å². The molecular formula is C14H17N5. The lowest BCUT2D eigenvalue weighted by Gasteiger charge is -2.12. The zero-order valence-electron chi connectivity index (χ0n) is 10.9. The lowest BCUT2D eigenvalue weighted by atomic mass is 9.94. The molecule has 5 N–H and O–H groups in total. The molecule has 0 bridgehead atoms. The van der Waals surface area contributed by atoms with Gasteiger partial charge in [0.05, 0.1) is 11.4 Å². The molecule has 0 fully saturated rings. The number of nitrogens with two attached hydrogens (primary N) is 2. The highest BCUT2D eigenvalue weighted by atomic mass is 15.3. The van der Waals surface area contributed by atoms with Crippen molar-refractivity contribution in [3.63, 3.8) is 0 Å². The molecule has 1 aromatic carbocycles. The number of aromatic nitrogens is 1. The summed E-state index contributed by atoms with van der Waals surface area (Å²) in [5.41, 5.74) is 16.4. The number of aryl methyl sites for hydroxylation is 2. The normalized spacial score (nSPS) is 16.6. The molecule has 0 aliphatic heterocycles. The lowest BCUT2D eigenvalue weighted by Crippen LogP contribution is -2.22. The van der Waals surface area contributed by atoms with Gasteiger partial charge in [-0.2, -0.15) is 0 Å². The zero-order valence-corrected chi connectivity index (χ0v) is 10.9. The molecule has 0 radical (unpaired) electrons. The van der Waals surface area contributed by atoms with Gasteiger partial charge in [-0.05, 0) is 43.9 Å². The Bertz CT molecular complexity index is 689. The predicted octanol–water partition coefficient (Wildman–Crippen LogP) is 1.79. The number of hydrogen-bond donors (Lipinski definition) is 3. The Hall–Kier alpha value is -2.30. The van der Waals surface area contributed by atoms with Crippen molar-refractivity contribution in [3.05, 3.63) is 35.0 Å². The van der Waals surface area contributed by atoms with Crippen molar-refractivity contribution in [2.75, 3.05) is 0 Å². The molecule has 3 rings (SSSR count). The Morgan fingerprint density at radius 2 is 2.11 bits per heavy atom. The second-order valence-electron chi connectivity index (χ2n) is 4.95. The Balaban J connectivity index is 2.18. The summed E-state index contributed by atoms with van der Waals surface area (Å²) in [6, 6.07) is 6.44. The summed E-state index contributed by atoms with van der Waals surface area (Å²) in [4.78, 5) is 3.44. The van der Waals surface area contributed by atoms with Crippen LogP contribution in [0.25, 0.3) is 10.9 Å². The van der Waals surface area contributed by atoms with Gasteiger partial charge in [-0.15, -0.1) is 10.2 Å². The molecule has 0 saturated heterocycles. The van der Waals surface area contributed by atoms with E-state index in [4.69, 9.17) is 11.5 Å². The number of benzene rings is 1. The van der Waals surface area contributed by atoms with E-state index >= 15 is 0 Å². The molecule has 1 aromatic heterocycles. The molecule has 0 unspecified atom stereocenters. The van der Waals surface area contributed by atoms with Crippen LogP contribution in [0.1, 0.15) is 29.7 Å². The van der Waals surface area contributed by atoms with Crippen LogP contribution in [0.15, 0.2) is 28.4 Å². The average Bonchev–Trinajstić information content (AvgIpc) is 2.75. The highest BCUT2D eigenvalue weighted by Gasteiger charge is 2.20. The SMILES string of the molecule is Cc1ccc2[nH]c3c(c2c1)CCC/C3=N/N=C(N)N. The molecule has 0 saturated carbocycles. The quantitative estimate of drug-likeness (QED) is 0.412. The summed E-state index contributed by atoms with van der Waals surface area (Å²) in [6.07, 6.45) is 3.04. The number of aromatic amines is 1. The van der Waals surface area contributed by atoms with Gasteiger partial charge < -0.3 is 16.5 Å². The van der Waals surface area contributed by atoms with Gasteiger partial charge in [-0.3, -0.25) is 0 Å². The van der Waals surface area contributed by atoms with Gasteiger partial charge >= 0.3 is 0 Å². The Kier molecular flexibility index (Phi) is 2.74. The first-order valence-corrected chi connectivity index (χ1v) is 6.42. The molecule has 1 heterocycles. The fourth-order valence-electron chi connectivity index (χ4n) is 2.64. The fraction of sp³-hybridized carbons (Fsp3) is 0.286. The summed E-state index contributed by atoms with van der Waals surface area (Å²) < 4.78 is 0. The largest absolute Gasteiger partial charge is 0.369 e. The van der Waals surface area contributed by atoms with Crippen LogP contribution in [0.4, 0.5) is 0 Å². The molecule has 0 spiro atoms. The van der Waals surface area contributed by atoms with Crippen molar-refractivity contribution in [3.8, 4) is 0 Å². The molecule has 1 aliphatic rings. The minimum absolute atomic E-state index is 0.00780. The van der Waals surface area contributed by atoms with Crippen molar-refractivity contribution >= 4 is 22.6 Å². The lowest BCUT2D eigenvalue weighted by molar-refractivity contribution is 0.836. The summed E-state index contributed by atoms with van der Waals surface area (Å²) in [5, 5.41) is 9.22. The van der Waals surface area contributed by atoms with Gasteiger partial charge in [0.1, 0.15) is 0 Å². The molecule has 2 aromatic rings. The number of nitrogens with one attached hydrogen (secondary N) is 1. The predicted molar refractivity (Wildman–Crippen MR) is 78.3 cm³/mol. The third kappa shape index (κ3) is 2.07. The standard InChI is InChI=1S/C14H17N5/c1-8-5-6-11-10(7-8)9-3-2-4-12(13(9)17-11)18-19-14(15)16/h5-7,17H,2-4H2,1H3,(H4,15,16,19)/b18-12-. The summed E-state index contributed by atoms with van der Waals surface area (Å²) in [6.45, 7) is 2.11. The maximum atomic E-state index is 5.34. The third-order valence-corrected chi connectivity index (χ3v) is 3.48. The van der Waals surface area contributed by atoms with E-state index in [0.717, 1.165) is 36.2 Å². The molecule has 19 heavy (non-hydrogen) atoms. The van der Waals surface area contributed by atoms with Crippen LogP contribution < -0.4 is 11.5 Å². The van der Waals surface area contributed by atoms with Gasteiger partial charge in [0.25, 0.3) is 0 Å². The summed E-state index contributed by atoms with van der Waals surface area (Å²) in [5.74, 6) is -0.00780. The van der Waals surface area contributed by atoms with Crippen molar-refractivity contribution in [1.29, 1.82) is 0 Å². The topological polar surface area (TPSA) is 92.5 Å². The second-order valence-corrected chi connectivity index (χ2v) is 4.95. The van der Waals surface area contributed by atoms with E-state index in [2.05, 4.69) is 40.3 Å². The fourth-order valence-corrected chi connectivity index (χ4v) is 2.64. The molecule has 0 amide bonds. The van der Waals surface area contributed by atoms with E-state index in [1.165, 1.54) is 16.5 Å². The number of nitrogens with zero attached hydrogens (tertiary/aromatic N) is 2. The Morgan fingerprint density at radius 1 is 1.26 bits per heavy atom. The third-order valence-electron chi connectivity index (χ3n) is 3.48. The van der Waals surface area contributed by atoms with Gasteiger partial charge in [-0.1, -0.05) is 11.6 Å². The van der Waals surface area contributed by atoms with E-state index in [-0.39, 0.29) is 5.96 Å². The minimum Gasteiger partial charge on any atom is -0.369 e. The van der Waals surface area contributed by atoms with Crippen molar-refractivity contribution < 1.29 is 0 Å². The molecule has 1 aliphatic carbocycles. The zero-order chi connectivity index (χ0) is 13.4. The molecule has 98 valence electrons. The first-order valence-electron chi connectivity index (χ1n) is 6.42. The number of H-pyrrole nitrogens is 1. The maximum absolute atomic E-state index is 5.34. The van der Waals surface area contributed by atoms with Gasteiger partial charge in [0, 0.05) is 10.9 Å². The van der Waals surface area contributed by atoms with E-state index in [0.29, 0.717) is 0 Å². The highest BCUT2D eigenvalue weighted by Crippen LogP contribution is 2.30. The molecule has 5 heteroatoms. The van der Waals surface area contributed by atoms with Crippen molar-refractivity contribution in [1.82, 2.24) is 4.98 Å². The van der Waals surface area contributed by atoms with Crippen LogP contribution in [0.5, 0.6) is 0 Å². The van der Waals surface area contributed by atoms with Crippen molar-refractivity contribution in [2.45, 2.75) is 26.2 Å². The maximum Gasteiger partial charge on any atom is 0.211 e. The number of hydrogen-bond acceptors (Lipinski definition) is 2. The first kappa shape index (κ1) is 11.8. The van der Waals surface area contributed by atoms with E-state index in [9.17, 15) is 0 Å². The minimum atomic E-state index is -0.00780. The summed E-state index contributed by atoms with van der Waals surface area (Å²) >= 11 is 0. The first-order chi connectivity index (χ1) is 9.15. The van der Waals surface area contributed by atoms with Gasteiger partial charge in [0.2, 0.25) is 5.96 Å². The van der Waals surface area contributed by atoms with Crippen LogP contribution in [-0.2, 0) is 6.42 Å². The van der Waals surface area contributed by atoms with Crippen LogP contribution >= 0.6 is 0 Å². The van der Waals surface area contributed by atoms with E-state index in [1.54, 1.807) is 0 Å². The van der Waals surface area contributed by atoms with Crippen LogP contribution in [0.3, 0.4) is 0 Å². The van der Waals surface area contributed by atoms with E-state index in [1.807, 2.05) is 0 Å². The Labute approximate surface area is 111 Å². The second kappa shape index (κ2) is 4.42. The van der Waals surface area contributed by atoms with Gasteiger partial charge in [-0.25, -0.2) is 0 Å². The van der Waals surface area contributed by atoms with E-state index < -0.39 is 0 Å². The highest BCUT2D eigenvalue weighted by molar-refractivity contribution is 6.06. The van der Waals surface area contributed by atoms with Crippen LogP contribution in [-0.4, -0.2) is 16.7 Å². The molecule has 0 atom stereocenters. The monoisotopic (exact) mass is 255 g/mol. The Morgan fingerprint density at radius 3 is 2.89 bits per heavy atom. The number of guanidine groups is 1. The number of fused-ring (bicyclic) bond motifs is 3. The van der Waals surface area contributed by atoms with Crippen LogP contribution in [0.2, 0.25) is 0 Å². The molecular weight excluding hydrogens is 238 g/mol. The average molecular weight is 255 g/mol. The van der Waals surface area contributed by atoms with Gasteiger partial charge in [0.15, 0.2) is 0 Å². The smallest absolute Gasteiger partial charge is 0.211 e. The summed E-state index contributed by atoms with van der Waals surface area (Å²) in [7, 11) is 0. The molecule has 5 nitrogen and oxygen atoms in total. The number of rotatable bonds is 1. The van der Waals surface area contributed by atoms with Crippen LogP contribution in [0, 0.1) is 6.92 Å².